The summed E-state index contributed by atoms with van der Waals surface area (Å²) in [6.45, 7) is 3.40. The van der Waals surface area contributed by atoms with Gasteiger partial charge in [-0.2, -0.15) is 9.97 Å². The van der Waals surface area contributed by atoms with Crippen molar-refractivity contribution in [3.05, 3.63) is 82.2 Å². The molecule has 2 fully saturated rings. The Labute approximate surface area is 261 Å². The topological polar surface area (TPSA) is 129 Å². The molecule has 2 aliphatic heterocycles. The highest BCUT2D eigenvalue weighted by atomic mass is 19.1. The number of H-pyrrole nitrogens is 1. The Hall–Kier alpha value is -5.10. The number of pyridine rings is 1. The van der Waals surface area contributed by atoms with E-state index in [1.54, 1.807) is 25.3 Å². The minimum Gasteiger partial charge on any atom is -0.508 e. The lowest BCUT2D eigenvalue weighted by Gasteiger charge is -2.30. The Morgan fingerprint density at radius 3 is 3.00 bits per heavy atom. The average Bonchev–Trinajstić information content (AvgIpc) is 3.72. The number of phenolic OH excluding ortho intramolecular Hbond substituents is 1. The summed E-state index contributed by atoms with van der Waals surface area (Å²) in [6.07, 6.45) is 4.76. The number of benzene rings is 2. The number of phenols is 1. The molecule has 10 nitrogen and oxygen atoms in total. The quantitative estimate of drug-likeness (QED) is 0.196. The number of aromatic nitrogens is 4. The van der Waals surface area contributed by atoms with Crippen LogP contribution < -0.4 is 15.7 Å². The van der Waals surface area contributed by atoms with Crippen molar-refractivity contribution in [1.82, 2.24) is 24.8 Å². The van der Waals surface area contributed by atoms with Crippen LogP contribution in [-0.4, -0.2) is 61.3 Å². The van der Waals surface area contributed by atoms with Gasteiger partial charge < -0.3 is 24.6 Å². The van der Waals surface area contributed by atoms with Gasteiger partial charge in [-0.1, -0.05) is 12.1 Å². The molecule has 3 N–H and O–H groups in total. The zero-order chi connectivity index (χ0) is 31.6. The van der Waals surface area contributed by atoms with Gasteiger partial charge in [0.1, 0.15) is 47.0 Å². The maximum Gasteiger partial charge on any atom is 0.349 e. The van der Waals surface area contributed by atoms with Crippen LogP contribution in [0.1, 0.15) is 30.4 Å². The maximum atomic E-state index is 15.2. The number of halogens is 2. The molecule has 4 aromatic heterocycles. The first-order valence-electron chi connectivity index (χ1n) is 15.2. The van der Waals surface area contributed by atoms with Crippen LogP contribution in [0.15, 0.2) is 64.1 Å². The Balaban J connectivity index is 1.26. The number of hydrogen-bond donors (Lipinski definition) is 3. The van der Waals surface area contributed by atoms with Crippen LogP contribution >= 0.6 is 0 Å². The van der Waals surface area contributed by atoms with Crippen molar-refractivity contribution in [3.8, 4) is 23.1 Å². The molecule has 234 valence electrons. The van der Waals surface area contributed by atoms with E-state index in [1.807, 2.05) is 18.3 Å². The molecule has 2 saturated heterocycles. The van der Waals surface area contributed by atoms with Crippen LogP contribution in [0, 0.1) is 12.7 Å². The molecule has 2 aromatic carbocycles. The lowest BCUT2D eigenvalue weighted by molar-refractivity contribution is 0.107. The molecular weight excluding hydrogens is 594 g/mol. The van der Waals surface area contributed by atoms with Gasteiger partial charge in [-0.05, 0) is 67.6 Å². The third kappa shape index (κ3) is 4.63. The molecule has 8 rings (SSSR count). The molecule has 2 aliphatic rings. The van der Waals surface area contributed by atoms with Crippen LogP contribution in [0.25, 0.3) is 44.0 Å². The summed E-state index contributed by atoms with van der Waals surface area (Å²) < 4.78 is 41.7. The monoisotopic (exact) mass is 624 g/mol. The number of nitrogens with zero attached hydrogens (tertiary/aromatic N) is 4. The maximum absolute atomic E-state index is 15.2. The van der Waals surface area contributed by atoms with Gasteiger partial charge in [-0.15, -0.1) is 0 Å². The molecule has 46 heavy (non-hydrogen) atoms. The minimum atomic E-state index is -0.920. The number of hydrogen-bond acceptors (Lipinski definition) is 9. The van der Waals surface area contributed by atoms with E-state index in [0.717, 1.165) is 36.0 Å². The molecule has 0 aliphatic carbocycles. The molecular formula is C34H30F2N6O4. The molecule has 0 spiro atoms. The number of anilines is 1. The van der Waals surface area contributed by atoms with Crippen LogP contribution in [0.4, 0.5) is 14.6 Å². The number of nitrogens with one attached hydrogen (secondary N) is 2. The van der Waals surface area contributed by atoms with Crippen molar-refractivity contribution in [1.29, 1.82) is 0 Å². The average molecular weight is 625 g/mol. The summed E-state index contributed by atoms with van der Waals surface area (Å²) in [5, 5.41) is 15.4. The van der Waals surface area contributed by atoms with Crippen LogP contribution in [-0.2, 0) is 6.54 Å². The smallest absolute Gasteiger partial charge is 0.349 e. The van der Waals surface area contributed by atoms with E-state index in [-0.39, 0.29) is 51.8 Å². The van der Waals surface area contributed by atoms with Crippen molar-refractivity contribution in [2.45, 2.75) is 44.4 Å². The molecule has 0 saturated carbocycles. The van der Waals surface area contributed by atoms with Gasteiger partial charge in [0.25, 0.3) is 0 Å². The third-order valence-corrected chi connectivity index (χ3v) is 9.35. The first-order valence-corrected chi connectivity index (χ1v) is 15.2. The second kappa shape index (κ2) is 10.8. The van der Waals surface area contributed by atoms with Crippen molar-refractivity contribution >= 4 is 38.5 Å². The van der Waals surface area contributed by atoms with Gasteiger partial charge in [-0.3, -0.25) is 4.90 Å². The van der Waals surface area contributed by atoms with E-state index in [0.29, 0.717) is 30.5 Å². The summed E-state index contributed by atoms with van der Waals surface area (Å²) in [6, 6.07) is 11.1. The second-order valence-electron chi connectivity index (χ2n) is 12.2. The van der Waals surface area contributed by atoms with E-state index in [2.05, 4.69) is 30.2 Å². The molecule has 2 atom stereocenters. The standard InChI is InChI=1S/C34H30F2N6O4/c1-18-28-27(32(44)46-29(18)24-12-22(43)11-19-5-2-7-25(36)26(19)24)31(39-15-20-14-38-30-23(20)6-3-9-37-30)41-33(40-28)45-17-34-8-4-10-42(34)16-21(35)13-34/h2-3,5-7,9,11-12,14,21,43H,4,8,10,13,15-17H2,1H3,(H,37,38)(H,39,40,41)/t21-,34+/m1/s1. The van der Waals surface area contributed by atoms with E-state index in [4.69, 9.17) is 9.15 Å². The van der Waals surface area contributed by atoms with Crippen molar-refractivity contribution in [3.63, 3.8) is 0 Å². The van der Waals surface area contributed by atoms with Crippen LogP contribution in [0.3, 0.4) is 0 Å². The predicted molar refractivity (Wildman–Crippen MR) is 169 cm³/mol. The van der Waals surface area contributed by atoms with Crippen LogP contribution in [0.2, 0.25) is 0 Å². The molecule has 0 radical (unpaired) electrons. The largest absolute Gasteiger partial charge is 0.508 e. The Morgan fingerprint density at radius 1 is 1.22 bits per heavy atom. The number of aromatic hydroxyl groups is 1. The number of aryl methyl sites for hydroxylation is 1. The highest BCUT2D eigenvalue weighted by Crippen LogP contribution is 2.41. The fourth-order valence-corrected chi connectivity index (χ4v) is 7.21. The zero-order valence-corrected chi connectivity index (χ0v) is 24.9. The summed E-state index contributed by atoms with van der Waals surface area (Å²) in [5.74, 6) is -0.372. The van der Waals surface area contributed by atoms with Crippen LogP contribution in [0.5, 0.6) is 11.8 Å². The number of fused-ring (bicyclic) bond motifs is 4. The normalized spacial score (nSPS) is 19.8. The number of rotatable bonds is 7. The summed E-state index contributed by atoms with van der Waals surface area (Å²) in [4.78, 5) is 32.7. The Kier molecular flexibility index (Phi) is 6.64. The molecule has 6 aromatic rings. The van der Waals surface area contributed by atoms with Gasteiger partial charge in [0.15, 0.2) is 0 Å². The first kappa shape index (κ1) is 28.4. The summed E-state index contributed by atoms with van der Waals surface area (Å²) in [7, 11) is 0. The van der Waals surface area contributed by atoms with Gasteiger partial charge in [0.2, 0.25) is 0 Å². The third-order valence-electron chi connectivity index (χ3n) is 9.35. The van der Waals surface area contributed by atoms with Gasteiger partial charge >= 0.3 is 11.6 Å². The molecule has 6 heterocycles. The van der Waals surface area contributed by atoms with E-state index in [1.165, 1.54) is 18.2 Å². The summed E-state index contributed by atoms with van der Waals surface area (Å²) >= 11 is 0. The molecule has 12 heteroatoms. The SMILES string of the molecule is Cc1c(-c2cc(O)cc3cccc(F)c23)oc(=O)c2c(NCc3c[nH]c4ncccc34)nc(OC[C@@]34CCCN3C[C@H](F)C4)nc12. The lowest BCUT2D eigenvalue weighted by atomic mass is 9.95. The molecule has 0 amide bonds. The highest BCUT2D eigenvalue weighted by Gasteiger charge is 2.49. The van der Waals surface area contributed by atoms with Crippen molar-refractivity contribution in [2.24, 2.45) is 0 Å². The Morgan fingerprint density at radius 2 is 2.11 bits per heavy atom. The van der Waals surface area contributed by atoms with E-state index < -0.39 is 23.2 Å². The molecule has 0 bridgehead atoms. The lowest BCUT2D eigenvalue weighted by Crippen LogP contribution is -2.43. The van der Waals surface area contributed by atoms with E-state index >= 15 is 4.39 Å². The minimum absolute atomic E-state index is 0.0192. The van der Waals surface area contributed by atoms with Crippen molar-refractivity contribution in [2.75, 3.05) is 25.0 Å². The fourth-order valence-electron chi connectivity index (χ4n) is 7.21. The van der Waals surface area contributed by atoms with Gasteiger partial charge in [-0.25, -0.2) is 18.6 Å². The second-order valence-corrected chi connectivity index (χ2v) is 12.2. The Bertz CT molecular complexity index is 2220. The van der Waals surface area contributed by atoms with Gasteiger partial charge in [0, 0.05) is 53.8 Å². The zero-order valence-electron chi connectivity index (χ0n) is 24.9. The number of ether oxygens (including phenoxy) is 1. The first-order chi connectivity index (χ1) is 22.3. The van der Waals surface area contributed by atoms with Crippen molar-refractivity contribution < 1.29 is 23.0 Å². The highest BCUT2D eigenvalue weighted by molar-refractivity contribution is 6.00. The van der Waals surface area contributed by atoms with Gasteiger partial charge in [0.05, 0.1) is 11.1 Å². The van der Waals surface area contributed by atoms with E-state index in [9.17, 15) is 14.3 Å². The fraction of sp³-hybridized carbons (Fsp3) is 0.294. The molecule has 0 unspecified atom stereocenters. The summed E-state index contributed by atoms with van der Waals surface area (Å²) in [5.41, 5.74) is 1.35. The predicted octanol–water partition coefficient (Wildman–Crippen LogP) is 6.00. The number of alkyl halides is 1. The number of aromatic amines is 1.